The van der Waals surface area contributed by atoms with Crippen LogP contribution in [0.4, 0.5) is 18.9 Å². The third-order valence-electron chi connectivity index (χ3n) is 4.16. The maximum Gasteiger partial charge on any atom is 0.418 e. The lowest BCUT2D eigenvalue weighted by atomic mass is 10.1. The molecule has 0 aliphatic heterocycles. The molecule has 3 aromatic rings. The van der Waals surface area contributed by atoms with E-state index in [9.17, 15) is 31.5 Å². The molecule has 9 nitrogen and oxygen atoms in total. The number of hydrogen-bond acceptors (Lipinski definition) is 6. The first-order valence-corrected chi connectivity index (χ1v) is 9.96. The zero-order chi connectivity index (χ0) is 22.4. The second-order valence-corrected chi connectivity index (χ2v) is 8.30. The Hall–Kier alpha value is -3.22. The van der Waals surface area contributed by atoms with Gasteiger partial charge in [0.15, 0.2) is 0 Å². The zero-order valence-electron chi connectivity index (χ0n) is 15.9. The standard InChI is InChI=1S/C17H16F3N5O4S/c1-9(2)25(13-11(14(26)27)5-4-6-12(13)17(18,19)20)30(28,29)16-22-15-21-8-7-10(3)24(15)23-16/h4-9H,1-3H3,(H,26,27). The molecule has 30 heavy (non-hydrogen) atoms. The summed E-state index contributed by atoms with van der Waals surface area (Å²) in [5.41, 5.74) is -2.74. The predicted molar refractivity (Wildman–Crippen MR) is 98.7 cm³/mol. The highest BCUT2D eigenvalue weighted by Gasteiger charge is 2.42. The monoisotopic (exact) mass is 443 g/mol. The van der Waals surface area contributed by atoms with Crippen LogP contribution >= 0.6 is 0 Å². The van der Waals surface area contributed by atoms with Gasteiger partial charge in [-0.15, -0.1) is 5.10 Å². The maximum atomic E-state index is 13.7. The lowest BCUT2D eigenvalue weighted by Crippen LogP contribution is -2.40. The van der Waals surface area contributed by atoms with E-state index in [1.165, 1.54) is 20.0 Å². The zero-order valence-corrected chi connectivity index (χ0v) is 16.7. The van der Waals surface area contributed by atoms with Gasteiger partial charge in [-0.3, -0.25) is 4.31 Å². The number of aromatic carboxylic acids is 1. The number of para-hydroxylation sites is 1. The summed E-state index contributed by atoms with van der Waals surface area (Å²) in [6.45, 7) is 4.24. The molecule has 0 bridgehead atoms. The van der Waals surface area contributed by atoms with Gasteiger partial charge >= 0.3 is 22.2 Å². The van der Waals surface area contributed by atoms with E-state index in [1.54, 1.807) is 13.0 Å². The van der Waals surface area contributed by atoms with Crippen molar-refractivity contribution in [3.8, 4) is 0 Å². The van der Waals surface area contributed by atoms with Crippen LogP contribution in [0.5, 0.6) is 0 Å². The van der Waals surface area contributed by atoms with Crippen LogP contribution in [0.3, 0.4) is 0 Å². The molecule has 0 amide bonds. The first-order valence-electron chi connectivity index (χ1n) is 8.52. The summed E-state index contributed by atoms with van der Waals surface area (Å²) in [7, 11) is -4.78. The van der Waals surface area contributed by atoms with Crippen LogP contribution in [-0.4, -0.2) is 45.1 Å². The van der Waals surface area contributed by atoms with Gasteiger partial charge < -0.3 is 5.11 Å². The molecule has 0 spiro atoms. The molecular formula is C17H16F3N5O4S. The molecule has 0 radical (unpaired) electrons. The third kappa shape index (κ3) is 3.56. The Labute approximate surface area is 168 Å². The quantitative estimate of drug-likeness (QED) is 0.644. The number of hydrogen-bond donors (Lipinski definition) is 1. The second kappa shape index (κ2) is 7.23. The second-order valence-electron chi connectivity index (χ2n) is 6.59. The van der Waals surface area contributed by atoms with E-state index >= 15 is 0 Å². The van der Waals surface area contributed by atoms with Crippen molar-refractivity contribution in [3.63, 3.8) is 0 Å². The van der Waals surface area contributed by atoms with Crippen LogP contribution in [0.2, 0.25) is 0 Å². The van der Waals surface area contributed by atoms with Crippen LogP contribution in [-0.2, 0) is 16.2 Å². The van der Waals surface area contributed by atoms with Crippen LogP contribution < -0.4 is 4.31 Å². The Morgan fingerprint density at radius 2 is 1.90 bits per heavy atom. The summed E-state index contributed by atoms with van der Waals surface area (Å²) in [4.78, 5) is 19.4. The Balaban J connectivity index is 2.33. The Kier molecular flexibility index (Phi) is 5.18. The van der Waals surface area contributed by atoms with Crippen molar-refractivity contribution in [1.29, 1.82) is 0 Å². The minimum Gasteiger partial charge on any atom is -0.478 e. The number of benzene rings is 1. The number of aryl methyl sites for hydroxylation is 1. The highest BCUT2D eigenvalue weighted by atomic mass is 32.2. The predicted octanol–water partition coefficient (Wildman–Crippen LogP) is 2.75. The van der Waals surface area contributed by atoms with Gasteiger partial charge in [0.1, 0.15) is 0 Å². The van der Waals surface area contributed by atoms with E-state index in [0.29, 0.717) is 16.1 Å². The van der Waals surface area contributed by atoms with E-state index < -0.39 is 50.2 Å². The number of rotatable bonds is 5. The van der Waals surface area contributed by atoms with Crippen molar-refractivity contribution >= 4 is 27.5 Å². The molecule has 0 atom stereocenters. The van der Waals surface area contributed by atoms with E-state index in [1.807, 2.05) is 0 Å². The normalized spacial score (nSPS) is 12.5. The fourth-order valence-electron chi connectivity index (χ4n) is 2.92. The van der Waals surface area contributed by atoms with Crippen molar-refractivity contribution in [2.24, 2.45) is 0 Å². The number of fused-ring (bicyclic) bond motifs is 1. The maximum absolute atomic E-state index is 13.7. The average molecular weight is 443 g/mol. The molecule has 13 heteroatoms. The molecule has 3 rings (SSSR count). The van der Waals surface area contributed by atoms with Crippen molar-refractivity contribution < 1.29 is 31.5 Å². The Bertz CT molecular complexity index is 1240. The third-order valence-corrected chi connectivity index (χ3v) is 5.92. The Morgan fingerprint density at radius 1 is 1.23 bits per heavy atom. The summed E-state index contributed by atoms with van der Waals surface area (Å²) in [6.07, 6.45) is -3.63. The van der Waals surface area contributed by atoms with Crippen LogP contribution in [0.25, 0.3) is 5.78 Å². The van der Waals surface area contributed by atoms with Gasteiger partial charge in [0.2, 0.25) is 0 Å². The lowest BCUT2D eigenvalue weighted by Gasteiger charge is -2.30. The number of carboxylic acids is 1. The molecule has 0 unspecified atom stereocenters. The SMILES string of the molecule is Cc1ccnc2nc(S(=O)(=O)N(c3c(C(=O)O)cccc3C(F)(F)F)C(C)C)nn12. The van der Waals surface area contributed by atoms with Crippen LogP contribution in [0, 0.1) is 6.92 Å². The number of carboxylic acid groups (broad SMARTS) is 1. The molecule has 0 aliphatic rings. The lowest BCUT2D eigenvalue weighted by molar-refractivity contribution is -0.137. The fourth-order valence-corrected chi connectivity index (χ4v) is 4.47. The average Bonchev–Trinajstić information content (AvgIpc) is 3.07. The van der Waals surface area contributed by atoms with Crippen LogP contribution in [0.15, 0.2) is 35.6 Å². The van der Waals surface area contributed by atoms with Gasteiger partial charge in [0.25, 0.3) is 10.9 Å². The number of halogens is 3. The minimum absolute atomic E-state index is 0.0696. The van der Waals surface area contributed by atoms with Gasteiger partial charge in [0, 0.05) is 17.9 Å². The molecule has 2 heterocycles. The fraction of sp³-hybridized carbons (Fsp3) is 0.294. The number of nitrogens with zero attached hydrogens (tertiary/aromatic N) is 5. The molecule has 0 saturated heterocycles. The molecule has 1 aromatic carbocycles. The summed E-state index contributed by atoms with van der Waals surface area (Å²) in [6, 6.07) is 2.88. The number of aromatic nitrogens is 4. The van der Waals surface area contributed by atoms with E-state index in [0.717, 1.165) is 16.6 Å². The van der Waals surface area contributed by atoms with Gasteiger partial charge in [-0.2, -0.15) is 26.6 Å². The molecule has 160 valence electrons. The Morgan fingerprint density at radius 3 is 2.43 bits per heavy atom. The van der Waals surface area contributed by atoms with Crippen molar-refractivity contribution in [3.05, 3.63) is 47.3 Å². The first-order chi connectivity index (χ1) is 13.9. The summed E-state index contributed by atoms with van der Waals surface area (Å²) in [5, 5.41) is 12.5. The summed E-state index contributed by atoms with van der Waals surface area (Å²) >= 11 is 0. The number of carbonyl (C=O) groups is 1. The van der Waals surface area contributed by atoms with E-state index in [-0.39, 0.29) is 5.78 Å². The van der Waals surface area contributed by atoms with Crippen molar-refractivity contribution in [1.82, 2.24) is 19.6 Å². The minimum atomic E-state index is -5.01. The van der Waals surface area contributed by atoms with E-state index in [2.05, 4.69) is 15.1 Å². The number of anilines is 1. The van der Waals surface area contributed by atoms with E-state index in [4.69, 9.17) is 0 Å². The van der Waals surface area contributed by atoms with Gasteiger partial charge in [-0.25, -0.2) is 14.3 Å². The van der Waals surface area contributed by atoms with Crippen molar-refractivity contribution in [2.45, 2.75) is 38.1 Å². The molecule has 1 N–H and O–H groups in total. The molecular weight excluding hydrogens is 427 g/mol. The van der Waals surface area contributed by atoms with Gasteiger partial charge in [0.05, 0.1) is 16.8 Å². The molecule has 0 aliphatic carbocycles. The highest BCUT2D eigenvalue weighted by molar-refractivity contribution is 7.92. The summed E-state index contributed by atoms with van der Waals surface area (Å²) in [5.74, 6) is -1.78. The smallest absolute Gasteiger partial charge is 0.418 e. The topological polar surface area (TPSA) is 118 Å². The first kappa shape index (κ1) is 21.5. The summed E-state index contributed by atoms with van der Waals surface area (Å²) < 4.78 is 69.1. The molecule has 2 aromatic heterocycles. The molecule has 0 fully saturated rings. The van der Waals surface area contributed by atoms with Crippen molar-refractivity contribution in [2.75, 3.05) is 4.31 Å². The molecule has 0 saturated carbocycles. The van der Waals surface area contributed by atoms with Gasteiger partial charge in [-0.05, 0) is 39.0 Å². The largest absolute Gasteiger partial charge is 0.478 e. The highest BCUT2D eigenvalue weighted by Crippen LogP contribution is 2.41. The number of alkyl halides is 3. The van der Waals surface area contributed by atoms with Gasteiger partial charge in [-0.1, -0.05) is 6.07 Å². The van der Waals surface area contributed by atoms with Crippen LogP contribution in [0.1, 0.15) is 35.5 Å². The number of sulfonamides is 1.